The van der Waals surface area contributed by atoms with Gasteiger partial charge in [-0.15, -0.1) is 12.4 Å². The number of amides is 1. The lowest BCUT2D eigenvalue weighted by atomic mass is 9.49. The average Bonchev–Trinajstić information content (AvgIpc) is 2.90. The summed E-state index contributed by atoms with van der Waals surface area (Å²) in [6.07, 6.45) is 10.3. The van der Waals surface area contributed by atoms with Crippen LogP contribution in [-0.2, 0) is 4.79 Å². The van der Waals surface area contributed by atoms with Crippen LogP contribution in [0.5, 0.6) is 0 Å². The van der Waals surface area contributed by atoms with E-state index in [9.17, 15) is 4.79 Å². The second kappa shape index (κ2) is 6.08. The van der Waals surface area contributed by atoms with Gasteiger partial charge in [-0.25, -0.2) is 0 Å². The molecule has 0 aromatic rings. The van der Waals surface area contributed by atoms with E-state index in [4.69, 9.17) is 0 Å². The number of nitrogens with one attached hydrogen (secondary N) is 2. The van der Waals surface area contributed by atoms with E-state index < -0.39 is 0 Å². The molecule has 0 aromatic carbocycles. The Kier molecular flexibility index (Phi) is 4.52. The van der Waals surface area contributed by atoms with Crippen LogP contribution >= 0.6 is 12.4 Å². The predicted octanol–water partition coefficient (Wildman–Crippen LogP) is 2.74. The standard InChI is InChI=1S/C17H28N2O.ClH/c20-16(19-4-2-12-1-3-18-11-12)17-8-13-5-14(9-17)7-15(6-13)10-17;/h12-15,18H,1-11H2,(H,19,20);1H. The molecule has 21 heavy (non-hydrogen) atoms. The van der Waals surface area contributed by atoms with Gasteiger partial charge in [-0.05, 0) is 88.1 Å². The lowest BCUT2D eigenvalue weighted by Crippen LogP contribution is -2.53. The highest BCUT2D eigenvalue weighted by atomic mass is 35.5. The van der Waals surface area contributed by atoms with Gasteiger partial charge in [0.05, 0.1) is 0 Å². The summed E-state index contributed by atoms with van der Waals surface area (Å²) in [4.78, 5) is 12.7. The van der Waals surface area contributed by atoms with Crippen LogP contribution in [0.1, 0.15) is 51.4 Å². The molecule has 5 aliphatic rings. The largest absolute Gasteiger partial charge is 0.356 e. The van der Waals surface area contributed by atoms with Crippen molar-refractivity contribution in [1.82, 2.24) is 10.6 Å². The maximum Gasteiger partial charge on any atom is 0.226 e. The molecule has 1 aliphatic heterocycles. The zero-order valence-electron chi connectivity index (χ0n) is 12.9. The van der Waals surface area contributed by atoms with E-state index in [1.807, 2.05) is 0 Å². The first kappa shape index (κ1) is 15.6. The van der Waals surface area contributed by atoms with E-state index >= 15 is 0 Å². The van der Waals surface area contributed by atoms with E-state index in [-0.39, 0.29) is 17.8 Å². The minimum Gasteiger partial charge on any atom is -0.356 e. The number of carbonyl (C=O) groups excluding carboxylic acids is 1. The Labute approximate surface area is 134 Å². The Morgan fingerprint density at radius 3 is 2.24 bits per heavy atom. The van der Waals surface area contributed by atoms with Gasteiger partial charge >= 0.3 is 0 Å². The first-order chi connectivity index (χ1) is 9.73. The van der Waals surface area contributed by atoms with Gasteiger partial charge in [0.25, 0.3) is 0 Å². The minimum absolute atomic E-state index is 0. The minimum atomic E-state index is 0. The molecule has 5 rings (SSSR count). The van der Waals surface area contributed by atoms with Crippen LogP contribution < -0.4 is 10.6 Å². The summed E-state index contributed by atoms with van der Waals surface area (Å²) in [6.45, 7) is 3.20. The molecule has 1 amide bonds. The van der Waals surface area contributed by atoms with Crippen molar-refractivity contribution < 1.29 is 4.79 Å². The Hall–Kier alpha value is -0.280. The van der Waals surface area contributed by atoms with Gasteiger partial charge in [0.2, 0.25) is 5.91 Å². The normalized spacial score (nSPS) is 43.6. The van der Waals surface area contributed by atoms with Crippen molar-refractivity contribution in [1.29, 1.82) is 0 Å². The first-order valence-corrected chi connectivity index (χ1v) is 8.72. The number of hydrogen-bond donors (Lipinski definition) is 2. The molecule has 4 heteroatoms. The van der Waals surface area contributed by atoms with Gasteiger partial charge in [-0.3, -0.25) is 4.79 Å². The molecule has 0 spiro atoms. The number of hydrogen-bond acceptors (Lipinski definition) is 2. The van der Waals surface area contributed by atoms with Crippen molar-refractivity contribution >= 4 is 18.3 Å². The molecular formula is C17H29ClN2O. The fourth-order valence-corrected chi connectivity index (χ4v) is 5.93. The van der Waals surface area contributed by atoms with E-state index in [1.165, 1.54) is 44.9 Å². The summed E-state index contributed by atoms with van der Waals surface area (Å²) in [5, 5.41) is 6.71. The van der Waals surface area contributed by atoms with Crippen molar-refractivity contribution in [3.05, 3.63) is 0 Å². The maximum atomic E-state index is 12.7. The highest BCUT2D eigenvalue weighted by Crippen LogP contribution is 2.60. The summed E-state index contributed by atoms with van der Waals surface area (Å²) < 4.78 is 0. The molecule has 1 atom stereocenters. The quantitative estimate of drug-likeness (QED) is 0.838. The molecule has 3 nitrogen and oxygen atoms in total. The van der Waals surface area contributed by atoms with Crippen LogP contribution in [0, 0.1) is 29.1 Å². The molecule has 1 saturated heterocycles. The average molecular weight is 313 g/mol. The molecule has 5 fully saturated rings. The van der Waals surface area contributed by atoms with Gasteiger partial charge < -0.3 is 10.6 Å². The smallest absolute Gasteiger partial charge is 0.226 e. The lowest BCUT2D eigenvalue weighted by molar-refractivity contribution is -0.146. The second-order valence-corrected chi connectivity index (χ2v) is 8.10. The highest BCUT2D eigenvalue weighted by molar-refractivity contribution is 5.85. The SMILES string of the molecule is Cl.O=C(NCCC1CCNC1)C12CC3CC(CC(C3)C1)C2. The number of rotatable bonds is 4. The molecule has 4 aliphatic carbocycles. The Bertz CT molecular complexity index is 357. The summed E-state index contributed by atoms with van der Waals surface area (Å²) in [5.41, 5.74) is 0.0443. The number of halogens is 1. The Balaban J connectivity index is 0.00000132. The van der Waals surface area contributed by atoms with Crippen molar-refractivity contribution in [3.63, 3.8) is 0 Å². The van der Waals surface area contributed by atoms with E-state index in [1.54, 1.807) is 0 Å². The van der Waals surface area contributed by atoms with Gasteiger partial charge in [-0.1, -0.05) is 0 Å². The summed E-state index contributed by atoms with van der Waals surface area (Å²) >= 11 is 0. The van der Waals surface area contributed by atoms with E-state index in [0.717, 1.165) is 49.7 Å². The topological polar surface area (TPSA) is 41.1 Å². The highest BCUT2D eigenvalue weighted by Gasteiger charge is 2.54. The molecule has 0 aromatic heterocycles. The molecule has 1 heterocycles. The summed E-state index contributed by atoms with van der Waals surface area (Å²) in [7, 11) is 0. The summed E-state index contributed by atoms with van der Waals surface area (Å²) in [5.74, 6) is 3.79. The fraction of sp³-hybridized carbons (Fsp3) is 0.941. The van der Waals surface area contributed by atoms with Crippen LogP contribution in [0.15, 0.2) is 0 Å². The molecule has 4 bridgehead atoms. The number of carbonyl (C=O) groups is 1. The van der Waals surface area contributed by atoms with Gasteiger partial charge in [-0.2, -0.15) is 0 Å². The van der Waals surface area contributed by atoms with Crippen molar-refractivity contribution in [2.45, 2.75) is 51.4 Å². The molecule has 1 unspecified atom stereocenters. The van der Waals surface area contributed by atoms with Crippen molar-refractivity contribution in [3.8, 4) is 0 Å². The summed E-state index contributed by atoms with van der Waals surface area (Å²) in [6, 6.07) is 0. The molecule has 0 radical (unpaired) electrons. The van der Waals surface area contributed by atoms with Crippen LogP contribution in [-0.4, -0.2) is 25.5 Å². The van der Waals surface area contributed by atoms with E-state index in [0.29, 0.717) is 5.91 Å². The van der Waals surface area contributed by atoms with Gasteiger partial charge in [0.1, 0.15) is 0 Å². The third-order valence-corrected chi connectivity index (χ3v) is 6.52. The van der Waals surface area contributed by atoms with E-state index in [2.05, 4.69) is 10.6 Å². The third kappa shape index (κ3) is 2.96. The van der Waals surface area contributed by atoms with Crippen molar-refractivity contribution in [2.24, 2.45) is 29.1 Å². The van der Waals surface area contributed by atoms with Crippen molar-refractivity contribution in [2.75, 3.05) is 19.6 Å². The predicted molar refractivity (Wildman–Crippen MR) is 86.5 cm³/mol. The molecule has 120 valence electrons. The maximum absolute atomic E-state index is 12.7. The fourth-order valence-electron chi connectivity index (χ4n) is 5.93. The first-order valence-electron chi connectivity index (χ1n) is 8.72. The van der Waals surface area contributed by atoms with Gasteiger partial charge in [0, 0.05) is 12.0 Å². The molecule has 4 saturated carbocycles. The van der Waals surface area contributed by atoms with Crippen LogP contribution in [0.25, 0.3) is 0 Å². The van der Waals surface area contributed by atoms with Crippen LogP contribution in [0.3, 0.4) is 0 Å². The van der Waals surface area contributed by atoms with Gasteiger partial charge in [0.15, 0.2) is 0 Å². The lowest BCUT2D eigenvalue weighted by Gasteiger charge is -2.55. The molecular weight excluding hydrogens is 284 g/mol. The Morgan fingerprint density at radius 2 is 1.71 bits per heavy atom. The monoisotopic (exact) mass is 312 g/mol. The Morgan fingerprint density at radius 1 is 1.10 bits per heavy atom. The zero-order chi connectivity index (χ0) is 13.6. The van der Waals surface area contributed by atoms with Crippen LogP contribution in [0.4, 0.5) is 0 Å². The molecule has 2 N–H and O–H groups in total. The second-order valence-electron chi connectivity index (χ2n) is 8.10. The zero-order valence-corrected chi connectivity index (χ0v) is 13.7. The van der Waals surface area contributed by atoms with Crippen LogP contribution in [0.2, 0.25) is 0 Å². The third-order valence-electron chi connectivity index (χ3n) is 6.52.